The Balaban J connectivity index is 2.39. The minimum Gasteiger partial charge on any atom is -0.383 e. The lowest BCUT2D eigenvalue weighted by molar-refractivity contribution is 0.223. The van der Waals surface area contributed by atoms with E-state index in [-0.39, 0.29) is 5.82 Å². The molecule has 1 heterocycles. The molecule has 0 fully saturated rings. The number of hydrogen-bond donors (Lipinski definition) is 1. The van der Waals surface area contributed by atoms with Gasteiger partial charge in [0.05, 0.1) is 3.79 Å². The Morgan fingerprint density at radius 3 is 2.53 bits per heavy atom. The van der Waals surface area contributed by atoms with Crippen LogP contribution in [-0.4, -0.2) is 5.11 Å². The third-order valence-corrected chi connectivity index (χ3v) is 6.43. The van der Waals surface area contributed by atoms with Gasteiger partial charge in [-0.15, -0.1) is 11.3 Å². The van der Waals surface area contributed by atoms with E-state index in [4.69, 9.17) is 0 Å². The Kier molecular flexibility index (Phi) is 4.62. The smallest absolute Gasteiger partial charge is 0.124 e. The highest BCUT2D eigenvalue weighted by molar-refractivity contribution is 14.1. The molecule has 0 saturated carbocycles. The molecular formula is C11H6Br2FIOS. The van der Waals surface area contributed by atoms with Gasteiger partial charge in [0.2, 0.25) is 0 Å². The Hall–Kier alpha value is 0.500. The number of halogens is 4. The topological polar surface area (TPSA) is 20.2 Å². The number of aliphatic hydroxyl groups is 1. The van der Waals surface area contributed by atoms with Crippen LogP contribution in [0.25, 0.3) is 0 Å². The molecule has 0 aliphatic carbocycles. The van der Waals surface area contributed by atoms with Crippen LogP contribution in [0.2, 0.25) is 0 Å². The second-order valence-corrected chi connectivity index (χ2v) is 7.76. The van der Waals surface area contributed by atoms with Crippen LogP contribution in [0.1, 0.15) is 16.5 Å². The maximum atomic E-state index is 13.0. The van der Waals surface area contributed by atoms with E-state index in [1.54, 1.807) is 6.07 Å². The Bertz CT molecular complexity index is 539. The zero-order chi connectivity index (χ0) is 12.6. The first-order valence-electron chi connectivity index (χ1n) is 4.57. The van der Waals surface area contributed by atoms with Gasteiger partial charge in [-0.1, -0.05) is 6.07 Å². The van der Waals surface area contributed by atoms with E-state index in [9.17, 15) is 9.50 Å². The van der Waals surface area contributed by atoms with E-state index in [0.29, 0.717) is 5.56 Å². The summed E-state index contributed by atoms with van der Waals surface area (Å²) in [6.45, 7) is 0. The van der Waals surface area contributed by atoms with Crippen molar-refractivity contribution in [2.45, 2.75) is 6.10 Å². The van der Waals surface area contributed by atoms with E-state index >= 15 is 0 Å². The molecule has 2 aromatic rings. The molecule has 1 nitrogen and oxygen atoms in total. The molecule has 0 saturated heterocycles. The highest BCUT2D eigenvalue weighted by Crippen LogP contribution is 2.38. The first kappa shape index (κ1) is 13.9. The first-order valence-corrected chi connectivity index (χ1v) is 8.05. The minimum absolute atomic E-state index is 0.293. The maximum absolute atomic E-state index is 13.0. The lowest BCUT2D eigenvalue weighted by Gasteiger charge is -2.10. The van der Waals surface area contributed by atoms with Gasteiger partial charge in [0.1, 0.15) is 11.9 Å². The number of rotatable bonds is 2. The van der Waals surface area contributed by atoms with Gasteiger partial charge in [0.25, 0.3) is 0 Å². The molecule has 0 aliphatic rings. The number of benzene rings is 1. The Morgan fingerprint density at radius 2 is 2.00 bits per heavy atom. The quantitative estimate of drug-likeness (QED) is 0.580. The van der Waals surface area contributed by atoms with Gasteiger partial charge in [0, 0.05) is 12.9 Å². The minimum atomic E-state index is -0.727. The monoisotopic (exact) mass is 490 g/mol. The SMILES string of the molecule is OC(c1cc(Br)c(Br)s1)c1ccc(F)cc1I. The highest BCUT2D eigenvalue weighted by atomic mass is 127. The second-order valence-electron chi connectivity index (χ2n) is 3.34. The summed E-state index contributed by atoms with van der Waals surface area (Å²) in [5.74, 6) is -0.293. The molecule has 6 heteroatoms. The zero-order valence-electron chi connectivity index (χ0n) is 8.25. The van der Waals surface area contributed by atoms with Crippen LogP contribution >= 0.6 is 65.8 Å². The largest absolute Gasteiger partial charge is 0.383 e. The van der Waals surface area contributed by atoms with Gasteiger partial charge >= 0.3 is 0 Å². The van der Waals surface area contributed by atoms with Crippen LogP contribution in [0.4, 0.5) is 4.39 Å². The van der Waals surface area contributed by atoms with E-state index < -0.39 is 6.10 Å². The van der Waals surface area contributed by atoms with Crippen LogP contribution < -0.4 is 0 Å². The molecular weight excluding hydrogens is 486 g/mol. The number of thiophene rings is 1. The van der Waals surface area contributed by atoms with E-state index in [0.717, 1.165) is 16.7 Å². The average molecular weight is 492 g/mol. The fourth-order valence-electron chi connectivity index (χ4n) is 1.37. The molecule has 0 spiro atoms. The van der Waals surface area contributed by atoms with Gasteiger partial charge < -0.3 is 5.11 Å². The summed E-state index contributed by atoms with van der Waals surface area (Å²) in [6.07, 6.45) is -0.727. The molecule has 1 N–H and O–H groups in total. The van der Waals surface area contributed by atoms with Gasteiger partial charge in [-0.2, -0.15) is 0 Å². The summed E-state index contributed by atoms with van der Waals surface area (Å²) >= 11 is 10.2. The molecule has 2 rings (SSSR count). The van der Waals surface area contributed by atoms with Crippen LogP contribution in [0, 0.1) is 9.39 Å². The summed E-state index contributed by atoms with van der Waals surface area (Å²) in [6, 6.07) is 6.25. The Labute approximate surface area is 132 Å². The fraction of sp³-hybridized carbons (Fsp3) is 0.0909. The van der Waals surface area contributed by atoms with Crippen LogP contribution in [0.3, 0.4) is 0 Å². The van der Waals surface area contributed by atoms with Gasteiger partial charge in [-0.25, -0.2) is 4.39 Å². The average Bonchev–Trinajstić information content (AvgIpc) is 2.58. The van der Waals surface area contributed by atoms with E-state index in [1.807, 2.05) is 28.7 Å². The second kappa shape index (κ2) is 5.64. The third kappa shape index (κ3) is 3.09. The molecule has 0 bridgehead atoms. The van der Waals surface area contributed by atoms with Gasteiger partial charge in [-0.05, 0) is 78.2 Å². The predicted molar refractivity (Wildman–Crippen MR) is 82.9 cm³/mol. The number of aliphatic hydroxyl groups excluding tert-OH is 1. The normalized spacial score (nSPS) is 12.8. The standard InChI is InChI=1S/C11H6Br2FIOS/c12-7-4-9(17-11(7)13)10(16)6-2-1-5(14)3-8(6)15/h1-4,10,16H. The summed E-state index contributed by atoms with van der Waals surface area (Å²) in [5, 5.41) is 10.2. The highest BCUT2D eigenvalue weighted by Gasteiger charge is 2.17. The summed E-state index contributed by atoms with van der Waals surface area (Å²) in [4.78, 5) is 0.813. The van der Waals surface area contributed by atoms with E-state index in [1.165, 1.54) is 23.5 Å². The molecule has 90 valence electrons. The number of hydrogen-bond acceptors (Lipinski definition) is 2. The van der Waals surface area contributed by atoms with E-state index in [2.05, 4.69) is 31.9 Å². The van der Waals surface area contributed by atoms with Crippen molar-refractivity contribution in [2.24, 2.45) is 0 Å². The molecule has 0 amide bonds. The van der Waals surface area contributed by atoms with Gasteiger partial charge in [0.15, 0.2) is 0 Å². The summed E-state index contributed by atoms with van der Waals surface area (Å²) in [5.41, 5.74) is 0.716. The zero-order valence-corrected chi connectivity index (χ0v) is 14.4. The Morgan fingerprint density at radius 1 is 1.29 bits per heavy atom. The van der Waals surface area contributed by atoms with Crippen molar-refractivity contribution in [2.75, 3.05) is 0 Å². The van der Waals surface area contributed by atoms with Crippen molar-refractivity contribution in [3.05, 3.63) is 52.4 Å². The molecule has 0 aliphatic heterocycles. The maximum Gasteiger partial charge on any atom is 0.124 e. The van der Waals surface area contributed by atoms with Crippen molar-refractivity contribution in [1.29, 1.82) is 0 Å². The van der Waals surface area contributed by atoms with Crippen molar-refractivity contribution < 1.29 is 9.50 Å². The molecule has 17 heavy (non-hydrogen) atoms. The van der Waals surface area contributed by atoms with Gasteiger partial charge in [-0.3, -0.25) is 0 Å². The van der Waals surface area contributed by atoms with Crippen LogP contribution in [0.15, 0.2) is 32.5 Å². The summed E-state index contributed by atoms with van der Waals surface area (Å²) < 4.78 is 15.5. The third-order valence-electron chi connectivity index (χ3n) is 2.19. The molecule has 1 unspecified atom stereocenters. The molecule has 1 aromatic heterocycles. The molecule has 0 radical (unpaired) electrons. The fourth-order valence-corrected chi connectivity index (χ4v) is 4.24. The van der Waals surface area contributed by atoms with Crippen LogP contribution in [0.5, 0.6) is 0 Å². The van der Waals surface area contributed by atoms with Crippen molar-refractivity contribution in [3.63, 3.8) is 0 Å². The molecule has 1 aromatic carbocycles. The predicted octanol–water partition coefficient (Wildman–Crippen LogP) is 5.10. The first-order chi connectivity index (χ1) is 7.99. The lowest BCUT2D eigenvalue weighted by Crippen LogP contribution is -2.00. The van der Waals surface area contributed by atoms with Crippen molar-refractivity contribution in [1.82, 2.24) is 0 Å². The molecule has 1 atom stereocenters. The van der Waals surface area contributed by atoms with Crippen LogP contribution in [-0.2, 0) is 0 Å². The van der Waals surface area contributed by atoms with Crippen molar-refractivity contribution >= 4 is 65.8 Å². The van der Waals surface area contributed by atoms with Crippen molar-refractivity contribution in [3.8, 4) is 0 Å². The lowest BCUT2D eigenvalue weighted by atomic mass is 10.1. The summed E-state index contributed by atoms with van der Waals surface area (Å²) in [7, 11) is 0.